The molecule has 2 heteroatoms. The van der Waals surface area contributed by atoms with Crippen LogP contribution in [0.3, 0.4) is 0 Å². The lowest BCUT2D eigenvalue weighted by atomic mass is 10.0. The molecule has 2 nitrogen and oxygen atoms in total. The molecule has 0 saturated carbocycles. The molecule has 1 aliphatic heterocycles. The fourth-order valence-corrected chi connectivity index (χ4v) is 6.89. The summed E-state index contributed by atoms with van der Waals surface area (Å²) in [6.45, 7) is 9.48. The molecule has 0 aliphatic carbocycles. The summed E-state index contributed by atoms with van der Waals surface area (Å²) in [5.41, 5.74) is 0. The second-order valence-electron chi connectivity index (χ2n) is 13.9. The average Bonchev–Trinajstić information content (AvgIpc) is 3.38. The van der Waals surface area contributed by atoms with Gasteiger partial charge in [0.25, 0.3) is 0 Å². The molecule has 0 aromatic heterocycles. The van der Waals surface area contributed by atoms with Crippen LogP contribution in [0.4, 0.5) is 0 Å². The highest BCUT2D eigenvalue weighted by atomic mass is 15.4. The predicted octanol–water partition coefficient (Wildman–Crippen LogP) is 13.9. The molecule has 0 spiro atoms. The van der Waals surface area contributed by atoms with Gasteiger partial charge in [-0.3, -0.25) is 0 Å². The number of unbranched alkanes of at least 4 members (excludes halogenated alkanes) is 28. The van der Waals surface area contributed by atoms with E-state index in [1.54, 1.807) is 0 Å². The molecule has 0 aromatic carbocycles. The number of nitrogens with zero attached hydrogens (tertiary/aromatic N) is 2. The van der Waals surface area contributed by atoms with E-state index in [-0.39, 0.29) is 0 Å². The van der Waals surface area contributed by atoms with E-state index < -0.39 is 0 Å². The number of hydrogen-bond acceptors (Lipinski definition) is 2. The third kappa shape index (κ3) is 23.8. The first-order valence-electron chi connectivity index (χ1n) is 20.0. The summed E-state index contributed by atoms with van der Waals surface area (Å²) >= 11 is 0. The Bertz CT molecular complexity index is 544. The lowest BCUT2D eigenvalue weighted by molar-refractivity contribution is 0.135. The van der Waals surface area contributed by atoms with E-state index in [1.807, 2.05) is 0 Å². The second kappa shape index (κ2) is 31.8. The van der Waals surface area contributed by atoms with Gasteiger partial charge in [-0.1, -0.05) is 201 Å². The highest BCUT2D eigenvalue weighted by molar-refractivity contribution is 4.97. The van der Waals surface area contributed by atoms with Gasteiger partial charge in [0, 0.05) is 25.5 Å². The maximum Gasteiger partial charge on any atom is 0.101 e. The molecule has 1 aliphatic rings. The largest absolute Gasteiger partial charge is 0.356 e. The van der Waals surface area contributed by atoms with Gasteiger partial charge in [0.2, 0.25) is 0 Å². The van der Waals surface area contributed by atoms with Crippen LogP contribution in [0.25, 0.3) is 0 Å². The summed E-state index contributed by atoms with van der Waals surface area (Å²) in [6, 6.07) is 0. The Kier molecular flexibility index (Phi) is 29.8. The Morgan fingerprint density at radius 3 is 0.833 bits per heavy atom. The van der Waals surface area contributed by atoms with E-state index in [2.05, 4.69) is 43.0 Å². The molecule has 1 rings (SSSR count). The van der Waals surface area contributed by atoms with Crippen molar-refractivity contribution >= 4 is 0 Å². The van der Waals surface area contributed by atoms with Crippen molar-refractivity contribution in [1.82, 2.24) is 9.80 Å². The van der Waals surface area contributed by atoms with Crippen LogP contribution in [-0.4, -0.2) is 29.1 Å². The van der Waals surface area contributed by atoms with Crippen LogP contribution in [0, 0.1) is 0 Å². The van der Waals surface area contributed by atoms with Crippen LogP contribution < -0.4 is 0 Å². The standard InChI is InChI=1S/C40H80N2/c1-4-7-10-13-16-18-20-21-22-23-25-28-31-34-37-42-39-38-41(40(42)35-32-29-26-15-12-9-6-3)36-33-30-27-24-19-17-14-11-8-5-2/h38-40H,4-37H2,1-3H3. The van der Waals surface area contributed by atoms with Crippen LogP contribution in [0.1, 0.15) is 226 Å². The van der Waals surface area contributed by atoms with Crippen molar-refractivity contribution in [3.05, 3.63) is 12.4 Å². The van der Waals surface area contributed by atoms with Crippen LogP contribution in [0.5, 0.6) is 0 Å². The van der Waals surface area contributed by atoms with Crippen molar-refractivity contribution in [1.29, 1.82) is 0 Å². The fraction of sp³-hybridized carbons (Fsp3) is 0.950. The van der Waals surface area contributed by atoms with Crippen molar-refractivity contribution in [2.75, 3.05) is 13.1 Å². The van der Waals surface area contributed by atoms with Gasteiger partial charge in [-0.2, -0.15) is 0 Å². The van der Waals surface area contributed by atoms with E-state index in [9.17, 15) is 0 Å². The van der Waals surface area contributed by atoms with Gasteiger partial charge in [-0.15, -0.1) is 0 Å². The smallest absolute Gasteiger partial charge is 0.101 e. The molecule has 1 heterocycles. The summed E-state index contributed by atoms with van der Waals surface area (Å²) in [4.78, 5) is 5.43. The lowest BCUT2D eigenvalue weighted by Gasteiger charge is -2.33. The van der Waals surface area contributed by atoms with Gasteiger partial charge in [0.1, 0.15) is 6.17 Å². The van der Waals surface area contributed by atoms with Gasteiger partial charge in [0.05, 0.1) is 0 Å². The maximum atomic E-state index is 2.72. The van der Waals surface area contributed by atoms with Crippen LogP contribution in [0.2, 0.25) is 0 Å². The molecular formula is C40H80N2. The van der Waals surface area contributed by atoms with E-state index in [0.717, 1.165) is 0 Å². The zero-order valence-electron chi connectivity index (χ0n) is 29.7. The third-order valence-corrected chi connectivity index (χ3v) is 9.82. The van der Waals surface area contributed by atoms with Crippen molar-refractivity contribution < 1.29 is 0 Å². The second-order valence-corrected chi connectivity index (χ2v) is 13.9. The molecule has 1 unspecified atom stereocenters. The van der Waals surface area contributed by atoms with Crippen molar-refractivity contribution in [2.24, 2.45) is 0 Å². The fourth-order valence-electron chi connectivity index (χ4n) is 6.89. The van der Waals surface area contributed by atoms with Crippen molar-refractivity contribution in [3.63, 3.8) is 0 Å². The minimum Gasteiger partial charge on any atom is -0.356 e. The first kappa shape index (κ1) is 39.4. The third-order valence-electron chi connectivity index (χ3n) is 9.82. The van der Waals surface area contributed by atoms with Gasteiger partial charge < -0.3 is 9.80 Å². The Labute approximate surface area is 267 Å². The average molecular weight is 589 g/mol. The van der Waals surface area contributed by atoms with Crippen molar-refractivity contribution in [2.45, 2.75) is 232 Å². The SMILES string of the molecule is CCCCCCCCCCCCCCCCN1C=CN(CCCCCCCCCCCC)C1CCCCCCCCC. The molecule has 0 N–H and O–H groups in total. The zero-order valence-corrected chi connectivity index (χ0v) is 29.7. The molecule has 0 saturated heterocycles. The molecule has 0 aromatic rings. The van der Waals surface area contributed by atoms with Crippen molar-refractivity contribution in [3.8, 4) is 0 Å². The molecule has 0 radical (unpaired) electrons. The minimum absolute atomic E-state index is 0.640. The molecular weight excluding hydrogens is 508 g/mol. The highest BCUT2D eigenvalue weighted by Gasteiger charge is 2.24. The zero-order chi connectivity index (χ0) is 30.2. The van der Waals surface area contributed by atoms with E-state index in [1.165, 1.54) is 219 Å². The molecule has 250 valence electrons. The minimum atomic E-state index is 0.640. The summed E-state index contributed by atoms with van der Waals surface area (Å²) in [5.74, 6) is 0. The topological polar surface area (TPSA) is 6.48 Å². The van der Waals surface area contributed by atoms with E-state index in [0.29, 0.717) is 6.17 Å². The highest BCUT2D eigenvalue weighted by Crippen LogP contribution is 2.24. The predicted molar refractivity (Wildman–Crippen MR) is 191 cm³/mol. The lowest BCUT2D eigenvalue weighted by Crippen LogP contribution is -2.39. The van der Waals surface area contributed by atoms with E-state index in [4.69, 9.17) is 0 Å². The Morgan fingerprint density at radius 2 is 0.548 bits per heavy atom. The van der Waals surface area contributed by atoms with Gasteiger partial charge in [0.15, 0.2) is 0 Å². The summed E-state index contributed by atoms with van der Waals surface area (Å²) in [6.07, 6.45) is 51.4. The van der Waals surface area contributed by atoms with Crippen LogP contribution in [0.15, 0.2) is 12.4 Å². The maximum absolute atomic E-state index is 2.72. The van der Waals surface area contributed by atoms with Gasteiger partial charge >= 0.3 is 0 Å². The Balaban J connectivity index is 2.18. The van der Waals surface area contributed by atoms with Crippen LogP contribution in [-0.2, 0) is 0 Å². The molecule has 0 bridgehead atoms. The Morgan fingerprint density at radius 1 is 0.310 bits per heavy atom. The van der Waals surface area contributed by atoms with Gasteiger partial charge in [-0.25, -0.2) is 0 Å². The summed E-state index contributed by atoms with van der Waals surface area (Å²) in [7, 11) is 0. The molecule has 0 fully saturated rings. The normalized spacial score (nSPS) is 15.0. The Hall–Kier alpha value is -0.660. The van der Waals surface area contributed by atoms with Gasteiger partial charge in [-0.05, 0) is 25.7 Å². The first-order valence-corrected chi connectivity index (χ1v) is 20.0. The number of hydrogen-bond donors (Lipinski definition) is 0. The molecule has 42 heavy (non-hydrogen) atoms. The monoisotopic (exact) mass is 589 g/mol. The summed E-state index contributed by atoms with van der Waals surface area (Å²) < 4.78 is 0. The van der Waals surface area contributed by atoms with Crippen LogP contribution >= 0.6 is 0 Å². The summed E-state index contributed by atoms with van der Waals surface area (Å²) in [5, 5.41) is 0. The quantitative estimate of drug-likeness (QED) is 0.0690. The van der Waals surface area contributed by atoms with E-state index >= 15 is 0 Å². The number of rotatable bonds is 34. The molecule has 1 atom stereocenters. The first-order chi connectivity index (χ1) is 20.8. The molecule has 0 amide bonds.